The maximum atomic E-state index is 10.4. The van der Waals surface area contributed by atoms with Crippen molar-refractivity contribution in [3.63, 3.8) is 0 Å². The standard InChI is InChI=1S/C5H6O4P/c1-4-2-3-5(9-4)10(6,7)8/h2-3H,1H2,(H2,6,7,8). The lowest BCUT2D eigenvalue weighted by Gasteiger charge is -1.95. The van der Waals surface area contributed by atoms with Gasteiger partial charge in [-0.2, -0.15) is 0 Å². The molecule has 1 radical (unpaired) electrons. The Bertz CT molecular complexity index is 271. The third-order valence-corrected chi connectivity index (χ3v) is 1.75. The molecule has 1 rings (SSSR count). The molecule has 0 unspecified atom stereocenters. The minimum atomic E-state index is -4.20. The van der Waals surface area contributed by atoms with E-state index in [9.17, 15) is 4.57 Å². The van der Waals surface area contributed by atoms with E-state index in [1.165, 1.54) is 12.1 Å². The van der Waals surface area contributed by atoms with Gasteiger partial charge in [-0.1, -0.05) is 0 Å². The first kappa shape index (κ1) is 7.54. The molecular formula is C5H6O4P. The third kappa shape index (κ3) is 1.48. The molecule has 2 N–H and O–H groups in total. The van der Waals surface area contributed by atoms with Crippen molar-refractivity contribution in [3.05, 3.63) is 24.8 Å². The van der Waals surface area contributed by atoms with E-state index in [2.05, 4.69) is 11.3 Å². The fourth-order valence-electron chi connectivity index (χ4n) is 0.523. The van der Waals surface area contributed by atoms with Crippen LogP contribution in [0.25, 0.3) is 0 Å². The summed E-state index contributed by atoms with van der Waals surface area (Å²) in [5.74, 6) is 0.248. The molecule has 0 fully saturated rings. The van der Waals surface area contributed by atoms with E-state index in [4.69, 9.17) is 9.79 Å². The fraction of sp³-hybridized carbons (Fsp3) is 0. The molecule has 10 heavy (non-hydrogen) atoms. The zero-order chi connectivity index (χ0) is 7.78. The van der Waals surface area contributed by atoms with Gasteiger partial charge in [0.15, 0.2) is 0 Å². The van der Waals surface area contributed by atoms with E-state index in [0.29, 0.717) is 0 Å². The van der Waals surface area contributed by atoms with Crippen LogP contribution in [0.4, 0.5) is 0 Å². The second kappa shape index (κ2) is 2.23. The summed E-state index contributed by atoms with van der Waals surface area (Å²) in [5.41, 5.74) is -0.336. The van der Waals surface area contributed by atoms with Gasteiger partial charge in [0, 0.05) is 6.92 Å². The van der Waals surface area contributed by atoms with Gasteiger partial charge in [-0.05, 0) is 12.1 Å². The van der Waals surface area contributed by atoms with Gasteiger partial charge in [0.1, 0.15) is 5.76 Å². The Morgan fingerprint density at radius 3 is 2.30 bits per heavy atom. The fourth-order valence-corrected chi connectivity index (χ4v) is 1.03. The molecule has 0 spiro atoms. The summed E-state index contributed by atoms with van der Waals surface area (Å²) in [6.07, 6.45) is 0. The topological polar surface area (TPSA) is 70.7 Å². The number of rotatable bonds is 1. The first-order valence-corrected chi connectivity index (χ1v) is 4.09. The van der Waals surface area contributed by atoms with Crippen LogP contribution in [0.15, 0.2) is 16.5 Å². The van der Waals surface area contributed by atoms with Crippen LogP contribution in [0.3, 0.4) is 0 Å². The largest absolute Gasteiger partial charge is 0.453 e. The van der Waals surface area contributed by atoms with E-state index in [-0.39, 0.29) is 11.3 Å². The molecular weight excluding hydrogens is 155 g/mol. The van der Waals surface area contributed by atoms with E-state index in [1.807, 2.05) is 0 Å². The van der Waals surface area contributed by atoms with Crippen LogP contribution >= 0.6 is 7.60 Å². The van der Waals surface area contributed by atoms with Gasteiger partial charge >= 0.3 is 7.60 Å². The van der Waals surface area contributed by atoms with Crippen molar-refractivity contribution in [2.24, 2.45) is 0 Å². The molecule has 5 heteroatoms. The van der Waals surface area contributed by atoms with Crippen LogP contribution in [0, 0.1) is 6.92 Å². The minimum Gasteiger partial charge on any atom is -0.453 e. The molecule has 0 aliphatic heterocycles. The molecule has 0 amide bonds. The molecule has 0 saturated carbocycles. The van der Waals surface area contributed by atoms with E-state index >= 15 is 0 Å². The number of hydrogen-bond acceptors (Lipinski definition) is 2. The molecule has 0 aliphatic rings. The lowest BCUT2D eigenvalue weighted by Crippen LogP contribution is -1.98. The van der Waals surface area contributed by atoms with Crippen molar-refractivity contribution in [2.45, 2.75) is 0 Å². The molecule has 0 aliphatic carbocycles. The lowest BCUT2D eigenvalue weighted by atomic mass is 10.5. The van der Waals surface area contributed by atoms with Crippen LogP contribution in [0.5, 0.6) is 0 Å². The third-order valence-electron chi connectivity index (χ3n) is 0.935. The summed E-state index contributed by atoms with van der Waals surface area (Å²) in [4.78, 5) is 17.0. The van der Waals surface area contributed by atoms with Crippen LogP contribution in [-0.2, 0) is 4.57 Å². The predicted octanol–water partition coefficient (Wildman–Crippen LogP) is 0.265. The molecule has 0 bridgehead atoms. The summed E-state index contributed by atoms with van der Waals surface area (Å²) in [7, 11) is -4.20. The van der Waals surface area contributed by atoms with Crippen molar-refractivity contribution in [3.8, 4) is 0 Å². The van der Waals surface area contributed by atoms with Gasteiger partial charge < -0.3 is 14.2 Å². The number of hydrogen-bond donors (Lipinski definition) is 2. The Morgan fingerprint density at radius 2 is 2.10 bits per heavy atom. The predicted molar refractivity (Wildman–Crippen MR) is 34.8 cm³/mol. The molecule has 1 aromatic rings. The Labute approximate surface area is 57.6 Å². The van der Waals surface area contributed by atoms with Crippen LogP contribution in [0.1, 0.15) is 5.76 Å². The van der Waals surface area contributed by atoms with E-state index < -0.39 is 7.60 Å². The first-order chi connectivity index (χ1) is 4.50. The Morgan fingerprint density at radius 1 is 1.50 bits per heavy atom. The van der Waals surface area contributed by atoms with E-state index in [1.54, 1.807) is 0 Å². The van der Waals surface area contributed by atoms with Crippen molar-refractivity contribution >= 4 is 13.1 Å². The average molecular weight is 161 g/mol. The second-order valence-electron chi connectivity index (χ2n) is 1.78. The Hall–Kier alpha value is -0.570. The van der Waals surface area contributed by atoms with Crippen molar-refractivity contribution in [1.82, 2.24) is 0 Å². The zero-order valence-corrected chi connectivity index (χ0v) is 5.91. The van der Waals surface area contributed by atoms with Crippen molar-refractivity contribution in [2.75, 3.05) is 0 Å². The monoisotopic (exact) mass is 161 g/mol. The molecule has 4 nitrogen and oxygen atoms in total. The molecule has 0 aromatic carbocycles. The van der Waals surface area contributed by atoms with Crippen LogP contribution in [0.2, 0.25) is 0 Å². The van der Waals surface area contributed by atoms with Gasteiger partial charge in [0.05, 0.1) is 0 Å². The SMILES string of the molecule is [CH2]c1ccc(P(=O)(O)O)o1. The molecule has 1 heterocycles. The highest BCUT2D eigenvalue weighted by atomic mass is 31.2. The van der Waals surface area contributed by atoms with Crippen molar-refractivity contribution < 1.29 is 18.8 Å². The normalized spacial score (nSPS) is 11.9. The number of furan rings is 1. The first-order valence-electron chi connectivity index (χ1n) is 2.48. The minimum absolute atomic E-state index is 0.248. The summed E-state index contributed by atoms with van der Waals surface area (Å²) in [6, 6.07) is 2.61. The Balaban J connectivity index is 3.08. The lowest BCUT2D eigenvalue weighted by molar-refractivity contribution is 0.376. The summed E-state index contributed by atoms with van der Waals surface area (Å²) >= 11 is 0. The average Bonchev–Trinajstić information content (AvgIpc) is 2.11. The molecule has 55 valence electrons. The van der Waals surface area contributed by atoms with Gasteiger partial charge in [-0.15, -0.1) is 0 Å². The highest BCUT2D eigenvalue weighted by molar-refractivity contribution is 7.59. The summed E-state index contributed by atoms with van der Waals surface area (Å²) < 4.78 is 15.0. The van der Waals surface area contributed by atoms with Gasteiger partial charge in [0.25, 0.3) is 0 Å². The second-order valence-corrected chi connectivity index (χ2v) is 3.31. The quantitative estimate of drug-likeness (QED) is 0.579. The summed E-state index contributed by atoms with van der Waals surface area (Å²) in [5, 5.41) is 0. The maximum absolute atomic E-state index is 10.4. The highest BCUT2D eigenvalue weighted by Gasteiger charge is 2.20. The van der Waals surface area contributed by atoms with E-state index in [0.717, 1.165) is 0 Å². The van der Waals surface area contributed by atoms with Crippen LogP contribution < -0.4 is 5.50 Å². The van der Waals surface area contributed by atoms with Gasteiger partial charge in [0.2, 0.25) is 5.50 Å². The van der Waals surface area contributed by atoms with Gasteiger partial charge in [-0.25, -0.2) is 0 Å². The molecule has 0 saturated heterocycles. The molecule has 1 aromatic heterocycles. The smallest absolute Gasteiger partial charge is 0.391 e. The maximum Gasteiger partial charge on any atom is 0.391 e. The van der Waals surface area contributed by atoms with Gasteiger partial charge in [-0.3, -0.25) is 4.57 Å². The van der Waals surface area contributed by atoms with Crippen molar-refractivity contribution in [1.29, 1.82) is 0 Å². The van der Waals surface area contributed by atoms with Crippen LogP contribution in [-0.4, -0.2) is 9.79 Å². The Kier molecular flexibility index (Phi) is 1.68. The highest BCUT2D eigenvalue weighted by Crippen LogP contribution is 2.33. The molecule has 0 atom stereocenters. The zero-order valence-electron chi connectivity index (χ0n) is 5.02. The summed E-state index contributed by atoms with van der Waals surface area (Å²) in [6.45, 7) is 3.34.